The van der Waals surface area contributed by atoms with E-state index in [0.29, 0.717) is 15.7 Å². The SMILES string of the molecule is C[C@@H]1Cc2ccccc2N1C(=O)CN(c1cccc(Cl)c1)S(=O)(=O)c1ccc(Cl)cc1. The van der Waals surface area contributed by atoms with Crippen molar-refractivity contribution in [2.24, 2.45) is 0 Å². The van der Waals surface area contributed by atoms with Crippen LogP contribution >= 0.6 is 23.2 Å². The number of halogens is 2. The van der Waals surface area contributed by atoms with E-state index in [4.69, 9.17) is 23.2 Å². The van der Waals surface area contributed by atoms with Crippen molar-refractivity contribution in [2.45, 2.75) is 24.3 Å². The predicted octanol–water partition coefficient (Wildman–Crippen LogP) is 5.17. The second-order valence-electron chi connectivity index (χ2n) is 7.39. The second-order valence-corrected chi connectivity index (χ2v) is 10.1. The molecule has 1 aliphatic rings. The van der Waals surface area contributed by atoms with Gasteiger partial charge in [0.05, 0.1) is 10.6 Å². The molecule has 5 nitrogen and oxygen atoms in total. The van der Waals surface area contributed by atoms with E-state index in [2.05, 4.69) is 0 Å². The highest BCUT2D eigenvalue weighted by Gasteiger charge is 2.34. The summed E-state index contributed by atoms with van der Waals surface area (Å²) < 4.78 is 28.1. The predicted molar refractivity (Wildman–Crippen MR) is 125 cm³/mol. The number of para-hydroxylation sites is 1. The molecule has 1 amide bonds. The Balaban J connectivity index is 1.74. The highest BCUT2D eigenvalue weighted by molar-refractivity contribution is 7.92. The number of carbonyl (C=O) groups excluding carboxylic acids is 1. The molecule has 3 aromatic rings. The fraction of sp³-hybridized carbons (Fsp3) is 0.174. The van der Waals surface area contributed by atoms with Gasteiger partial charge >= 0.3 is 0 Å². The minimum Gasteiger partial charge on any atom is -0.307 e. The Morgan fingerprint density at radius 2 is 1.71 bits per heavy atom. The van der Waals surface area contributed by atoms with Gasteiger partial charge in [-0.05, 0) is 67.4 Å². The molecule has 160 valence electrons. The monoisotopic (exact) mass is 474 g/mol. The van der Waals surface area contributed by atoms with Crippen molar-refractivity contribution in [1.82, 2.24) is 0 Å². The maximum absolute atomic E-state index is 13.5. The Morgan fingerprint density at radius 1 is 1.00 bits per heavy atom. The smallest absolute Gasteiger partial charge is 0.264 e. The molecule has 1 heterocycles. The van der Waals surface area contributed by atoms with Crippen LogP contribution in [-0.2, 0) is 21.2 Å². The minimum absolute atomic E-state index is 0.0412. The molecule has 1 atom stereocenters. The van der Waals surface area contributed by atoms with E-state index in [1.54, 1.807) is 23.1 Å². The lowest BCUT2D eigenvalue weighted by Crippen LogP contribution is -2.45. The maximum Gasteiger partial charge on any atom is 0.264 e. The molecular formula is C23H20Cl2N2O3S. The van der Waals surface area contributed by atoms with Gasteiger partial charge in [-0.25, -0.2) is 8.42 Å². The van der Waals surface area contributed by atoms with E-state index in [1.165, 1.54) is 30.3 Å². The summed E-state index contributed by atoms with van der Waals surface area (Å²) in [4.78, 5) is 15.1. The van der Waals surface area contributed by atoms with Crippen molar-refractivity contribution in [3.63, 3.8) is 0 Å². The molecule has 0 fully saturated rings. The number of anilines is 2. The van der Waals surface area contributed by atoms with Crippen LogP contribution in [0.3, 0.4) is 0 Å². The summed E-state index contributed by atoms with van der Waals surface area (Å²) in [6, 6.07) is 19.9. The fourth-order valence-corrected chi connectivity index (χ4v) is 5.54. The lowest BCUT2D eigenvalue weighted by atomic mass is 10.1. The van der Waals surface area contributed by atoms with Gasteiger partial charge in [0.2, 0.25) is 5.91 Å². The van der Waals surface area contributed by atoms with Crippen LogP contribution in [0.25, 0.3) is 0 Å². The number of carbonyl (C=O) groups is 1. The first kappa shape index (κ1) is 21.7. The lowest BCUT2D eigenvalue weighted by molar-refractivity contribution is -0.117. The van der Waals surface area contributed by atoms with Gasteiger partial charge < -0.3 is 4.90 Å². The van der Waals surface area contributed by atoms with Gasteiger partial charge in [0.15, 0.2) is 0 Å². The Labute approximate surface area is 191 Å². The van der Waals surface area contributed by atoms with E-state index in [9.17, 15) is 13.2 Å². The third-order valence-electron chi connectivity index (χ3n) is 5.25. The van der Waals surface area contributed by atoms with Crippen molar-refractivity contribution in [1.29, 1.82) is 0 Å². The van der Waals surface area contributed by atoms with Crippen LogP contribution < -0.4 is 9.21 Å². The minimum atomic E-state index is -4.04. The Morgan fingerprint density at radius 3 is 2.42 bits per heavy atom. The molecular weight excluding hydrogens is 455 g/mol. The maximum atomic E-state index is 13.5. The summed E-state index contributed by atoms with van der Waals surface area (Å²) in [7, 11) is -4.04. The first-order chi connectivity index (χ1) is 14.8. The van der Waals surface area contributed by atoms with Gasteiger partial charge in [-0.3, -0.25) is 9.10 Å². The molecule has 4 rings (SSSR count). The summed E-state index contributed by atoms with van der Waals surface area (Å²) in [6.07, 6.45) is 0.725. The first-order valence-electron chi connectivity index (χ1n) is 9.71. The Kier molecular flexibility index (Phi) is 5.97. The van der Waals surface area contributed by atoms with Crippen LogP contribution in [0, 0.1) is 0 Å². The van der Waals surface area contributed by atoms with E-state index >= 15 is 0 Å². The van der Waals surface area contributed by atoms with Gasteiger partial charge in [0.1, 0.15) is 6.54 Å². The lowest BCUT2D eigenvalue weighted by Gasteiger charge is -2.29. The van der Waals surface area contributed by atoms with Crippen LogP contribution in [-0.4, -0.2) is 26.9 Å². The number of hydrogen-bond donors (Lipinski definition) is 0. The number of nitrogens with zero attached hydrogens (tertiary/aromatic N) is 2. The molecule has 0 saturated heterocycles. The van der Waals surface area contributed by atoms with Crippen molar-refractivity contribution in [2.75, 3.05) is 15.7 Å². The summed E-state index contributed by atoms with van der Waals surface area (Å²) in [5.74, 6) is -0.310. The molecule has 0 spiro atoms. The van der Waals surface area contributed by atoms with Crippen LogP contribution in [0.2, 0.25) is 10.0 Å². The zero-order valence-electron chi connectivity index (χ0n) is 16.7. The molecule has 0 aliphatic carbocycles. The van der Waals surface area contributed by atoms with Crippen molar-refractivity contribution >= 4 is 50.5 Å². The number of benzene rings is 3. The van der Waals surface area contributed by atoms with Gasteiger partial charge in [0.25, 0.3) is 10.0 Å². The van der Waals surface area contributed by atoms with E-state index in [0.717, 1.165) is 22.0 Å². The molecule has 0 aromatic heterocycles. The quantitative estimate of drug-likeness (QED) is 0.512. The van der Waals surface area contributed by atoms with Gasteiger partial charge in [-0.15, -0.1) is 0 Å². The normalized spacial score (nSPS) is 15.6. The van der Waals surface area contributed by atoms with Crippen LogP contribution in [0.4, 0.5) is 11.4 Å². The summed E-state index contributed by atoms with van der Waals surface area (Å²) in [6.45, 7) is 1.60. The molecule has 31 heavy (non-hydrogen) atoms. The van der Waals surface area contributed by atoms with Gasteiger partial charge in [-0.2, -0.15) is 0 Å². The zero-order chi connectivity index (χ0) is 22.2. The number of amides is 1. The fourth-order valence-electron chi connectivity index (χ4n) is 3.82. The number of fused-ring (bicyclic) bond motifs is 1. The van der Waals surface area contributed by atoms with Crippen LogP contribution in [0.15, 0.2) is 77.7 Å². The third kappa shape index (κ3) is 4.28. The molecule has 0 N–H and O–H groups in total. The van der Waals surface area contributed by atoms with Crippen molar-refractivity contribution in [3.05, 3.63) is 88.4 Å². The van der Waals surface area contributed by atoms with Gasteiger partial charge in [0, 0.05) is 21.8 Å². The molecule has 3 aromatic carbocycles. The topological polar surface area (TPSA) is 57.7 Å². The standard InChI is InChI=1S/C23H20Cl2N2O3S/c1-16-13-17-5-2-3-8-22(17)27(16)23(28)15-26(20-7-4-6-19(25)14-20)31(29,30)21-11-9-18(24)10-12-21/h2-12,14,16H,13,15H2,1H3/t16-/m1/s1. The summed E-state index contributed by atoms with van der Waals surface area (Å²) >= 11 is 12.1. The number of rotatable bonds is 5. The van der Waals surface area contributed by atoms with Crippen molar-refractivity contribution < 1.29 is 13.2 Å². The molecule has 0 bridgehead atoms. The average molecular weight is 475 g/mol. The van der Waals surface area contributed by atoms with Crippen molar-refractivity contribution in [3.8, 4) is 0 Å². The molecule has 8 heteroatoms. The third-order valence-corrected chi connectivity index (χ3v) is 7.53. The highest BCUT2D eigenvalue weighted by Crippen LogP contribution is 2.33. The highest BCUT2D eigenvalue weighted by atomic mass is 35.5. The number of sulfonamides is 1. The molecule has 0 radical (unpaired) electrons. The van der Waals surface area contributed by atoms with Gasteiger partial charge in [-0.1, -0.05) is 47.5 Å². The Bertz CT molecular complexity index is 1230. The van der Waals surface area contributed by atoms with E-state index < -0.39 is 10.0 Å². The summed E-state index contributed by atoms with van der Waals surface area (Å²) in [5, 5.41) is 0.799. The largest absolute Gasteiger partial charge is 0.307 e. The summed E-state index contributed by atoms with van der Waals surface area (Å²) in [5.41, 5.74) is 2.20. The molecule has 0 saturated carbocycles. The second kappa shape index (κ2) is 8.54. The molecule has 1 aliphatic heterocycles. The van der Waals surface area contributed by atoms with Crippen LogP contribution in [0.1, 0.15) is 12.5 Å². The van der Waals surface area contributed by atoms with Crippen LogP contribution in [0.5, 0.6) is 0 Å². The average Bonchev–Trinajstić information content (AvgIpc) is 3.07. The van der Waals surface area contributed by atoms with E-state index in [1.807, 2.05) is 31.2 Å². The number of hydrogen-bond acceptors (Lipinski definition) is 3. The zero-order valence-corrected chi connectivity index (χ0v) is 19.0. The molecule has 0 unspecified atom stereocenters. The van der Waals surface area contributed by atoms with E-state index in [-0.39, 0.29) is 23.4 Å². The first-order valence-corrected chi connectivity index (χ1v) is 11.9. The Hall–Kier alpha value is -2.54.